The molecule has 0 spiro atoms. The van der Waals surface area contributed by atoms with E-state index in [2.05, 4.69) is 277 Å². The van der Waals surface area contributed by atoms with Crippen LogP contribution < -0.4 is 0 Å². The Labute approximate surface area is 526 Å². The first-order valence-corrected chi connectivity index (χ1v) is 31.2. The summed E-state index contributed by atoms with van der Waals surface area (Å²) in [4.78, 5) is 4.62. The summed E-state index contributed by atoms with van der Waals surface area (Å²) in [5.74, 6) is 1.05. The zero-order chi connectivity index (χ0) is 65.4. The van der Waals surface area contributed by atoms with Crippen molar-refractivity contribution in [3.8, 4) is 45.0 Å². The molecule has 5 aromatic carbocycles. The summed E-state index contributed by atoms with van der Waals surface area (Å²) in [5.41, 5.74) is 46.8. The van der Waals surface area contributed by atoms with Crippen LogP contribution in [-0.4, -0.2) is 57.1 Å². The lowest BCUT2D eigenvalue weighted by Crippen LogP contribution is -2.19. The molecular weight excluding hydrogens is 1060 g/mol. The van der Waals surface area contributed by atoms with Gasteiger partial charge in [-0.05, 0) is 338 Å². The maximum Gasteiger partial charge on any atom is 0.176 e. The zero-order valence-electron chi connectivity index (χ0n) is 59.9. The second-order valence-electron chi connectivity index (χ2n) is 25.8. The molecule has 462 valence electrons. The van der Waals surface area contributed by atoms with E-state index < -0.39 is 0 Å². The Balaban J connectivity index is 0.000000174. The zero-order valence-corrected chi connectivity index (χ0v) is 59.9. The maximum atomic E-state index is 4.62. The number of nitrogens with zero attached hydrogens (tertiary/aromatic N) is 8. The monoisotopic (exact) mass is 1170 g/mol. The first kappa shape index (κ1) is 68.5. The highest BCUT2D eigenvalue weighted by Gasteiger charge is 2.29. The van der Waals surface area contributed by atoms with Gasteiger partial charge in [0.2, 0.25) is 0 Å². The Bertz CT molecular complexity index is 4020. The number of aromatic nitrogens is 7. The molecular formula is C79H107N8+. The van der Waals surface area contributed by atoms with Crippen molar-refractivity contribution in [2.24, 2.45) is 28.2 Å². The van der Waals surface area contributed by atoms with Gasteiger partial charge < -0.3 is 9.13 Å². The molecule has 87 heavy (non-hydrogen) atoms. The van der Waals surface area contributed by atoms with Gasteiger partial charge in [-0.1, -0.05) is 6.07 Å². The lowest BCUT2D eigenvalue weighted by Gasteiger charge is -2.16. The third kappa shape index (κ3) is 14.1. The topological polar surface area (TPSA) is 61.4 Å². The Kier molecular flexibility index (Phi) is 21.4. The van der Waals surface area contributed by atoms with Crippen molar-refractivity contribution < 1.29 is 4.58 Å². The summed E-state index contributed by atoms with van der Waals surface area (Å²) in [6.07, 6.45) is 4.44. The molecule has 1 aliphatic heterocycles. The third-order valence-electron chi connectivity index (χ3n) is 20.8. The number of aryl methyl sites for hydroxylation is 12. The summed E-state index contributed by atoms with van der Waals surface area (Å²) in [7, 11) is 10.4. The molecule has 0 bridgehead atoms. The predicted octanol–water partition coefficient (Wildman–Crippen LogP) is 19.2. The number of benzene rings is 5. The van der Waals surface area contributed by atoms with Gasteiger partial charge in [0.15, 0.2) is 11.8 Å². The summed E-state index contributed by atoms with van der Waals surface area (Å²) in [6.45, 7) is 59.0. The van der Waals surface area contributed by atoms with Gasteiger partial charge in [-0.3, -0.25) is 9.36 Å². The van der Waals surface area contributed by atoms with Gasteiger partial charge in [0.05, 0.1) is 22.8 Å². The van der Waals surface area contributed by atoms with Gasteiger partial charge >= 0.3 is 0 Å². The Morgan fingerprint density at radius 2 is 0.747 bits per heavy atom. The van der Waals surface area contributed by atoms with Gasteiger partial charge in [-0.15, -0.1) is 0 Å². The molecule has 8 heteroatoms. The highest BCUT2D eigenvalue weighted by Crippen LogP contribution is 2.36. The normalized spacial score (nSPS) is 12.7. The largest absolute Gasteiger partial charge is 0.348 e. The molecule has 5 heterocycles. The van der Waals surface area contributed by atoms with E-state index >= 15 is 0 Å². The molecule has 4 aromatic heterocycles. The van der Waals surface area contributed by atoms with Crippen molar-refractivity contribution in [3.05, 3.63) is 206 Å². The average Bonchev–Trinajstić information content (AvgIpc) is 1.95. The number of likely N-dealkylation sites (N-methyl/N-ethyl adjacent to an activating group) is 1. The van der Waals surface area contributed by atoms with Gasteiger partial charge in [-0.2, -0.15) is 10.2 Å². The van der Waals surface area contributed by atoms with Crippen LogP contribution >= 0.6 is 0 Å². The van der Waals surface area contributed by atoms with Crippen molar-refractivity contribution >= 4 is 11.3 Å². The van der Waals surface area contributed by atoms with E-state index in [1.807, 2.05) is 44.4 Å². The van der Waals surface area contributed by atoms with Crippen LogP contribution in [0.5, 0.6) is 0 Å². The number of rotatable bonds is 5. The van der Waals surface area contributed by atoms with Crippen LogP contribution in [0.3, 0.4) is 0 Å². The van der Waals surface area contributed by atoms with E-state index in [9.17, 15) is 0 Å². The van der Waals surface area contributed by atoms with Crippen LogP contribution in [0.25, 0.3) is 50.6 Å². The number of hydrogen-bond donors (Lipinski definition) is 0. The summed E-state index contributed by atoms with van der Waals surface area (Å²) in [5, 5.41) is 9.00. The van der Waals surface area contributed by atoms with Crippen LogP contribution in [0, 0.1) is 173 Å². The maximum absolute atomic E-state index is 4.62. The number of imidazole rings is 1. The third-order valence-corrected chi connectivity index (χ3v) is 20.8. The molecule has 8 nitrogen and oxygen atoms in total. The minimum absolute atomic E-state index is 0.477. The standard InChI is InChI=1S/C17H24N.C17H23N.3C15H20N2/c1-10-8-16(14(5)13(4)12(10)3)17-9-11(2)18(7)15(17)6;1-10-8-16(14(5)13(4)12(10)3)17-9-11(2)15(6)18(17)7;1-9-7-14(12(4)11(3)10(9)2)15-8-17(6)13(5)16-15;1-9-7-14(13(5)12(4)11(9)3)15-8-10(2)17(6)16-15;1-9-7-14(13(5)12(4)11(9)3)15-8-10(2)16-17(15)6/h8-9,15H,1-7H3;8-9H,1-7H3;3*7-8H,1-6H3/q+1;;;;. The van der Waals surface area contributed by atoms with Gasteiger partial charge in [-0.25, -0.2) is 9.56 Å². The van der Waals surface area contributed by atoms with E-state index in [4.69, 9.17) is 0 Å². The van der Waals surface area contributed by atoms with E-state index in [1.54, 1.807) is 0 Å². The van der Waals surface area contributed by atoms with Gasteiger partial charge in [0.1, 0.15) is 12.9 Å². The van der Waals surface area contributed by atoms with Crippen molar-refractivity contribution in [2.75, 3.05) is 7.05 Å². The fourth-order valence-corrected chi connectivity index (χ4v) is 12.0. The second kappa shape index (κ2) is 27.2. The second-order valence-corrected chi connectivity index (χ2v) is 25.8. The smallest absolute Gasteiger partial charge is 0.176 e. The molecule has 0 saturated carbocycles. The lowest BCUT2D eigenvalue weighted by molar-refractivity contribution is -0.514. The molecule has 10 rings (SSSR count). The van der Waals surface area contributed by atoms with E-state index in [0.29, 0.717) is 6.04 Å². The van der Waals surface area contributed by atoms with Crippen molar-refractivity contribution in [2.45, 2.75) is 193 Å². The van der Waals surface area contributed by atoms with Crippen molar-refractivity contribution in [3.63, 3.8) is 0 Å². The van der Waals surface area contributed by atoms with E-state index in [0.717, 1.165) is 22.9 Å². The summed E-state index contributed by atoms with van der Waals surface area (Å²) in [6, 6.07) is 18.5. The molecule has 9 aromatic rings. The van der Waals surface area contributed by atoms with Crippen molar-refractivity contribution in [1.82, 2.24) is 33.7 Å². The van der Waals surface area contributed by atoms with Crippen LogP contribution in [0.15, 0.2) is 60.8 Å². The molecule has 0 saturated heterocycles. The average molecular weight is 1170 g/mol. The minimum atomic E-state index is 0.477. The minimum Gasteiger partial charge on any atom is -0.348 e. The van der Waals surface area contributed by atoms with Crippen LogP contribution in [0.2, 0.25) is 0 Å². The molecule has 0 N–H and O–H groups in total. The van der Waals surface area contributed by atoms with E-state index in [1.165, 1.54) is 179 Å². The first-order chi connectivity index (χ1) is 40.4. The lowest BCUT2D eigenvalue weighted by atomic mass is 9.89. The number of allylic oxidation sites excluding steroid dienone is 1. The fourth-order valence-electron chi connectivity index (χ4n) is 12.0. The summed E-state index contributed by atoms with van der Waals surface area (Å²) < 4.78 is 10.6. The van der Waals surface area contributed by atoms with Crippen LogP contribution in [0.4, 0.5) is 0 Å². The number of hydrogen-bond acceptors (Lipinski definition) is 3. The molecule has 1 aliphatic rings. The Hall–Kier alpha value is -7.58. The molecule has 1 unspecified atom stereocenters. The van der Waals surface area contributed by atoms with Crippen LogP contribution in [-0.2, 0) is 28.2 Å². The van der Waals surface area contributed by atoms with E-state index in [-0.39, 0.29) is 0 Å². The summed E-state index contributed by atoms with van der Waals surface area (Å²) >= 11 is 0. The van der Waals surface area contributed by atoms with Gasteiger partial charge in [0, 0.05) is 99.2 Å². The SMILES string of the molecule is CC1=[N+](C)C(C)C(c2cc(C)c(C)c(C)c2C)=C1.Cc1cc(-c2cc(C)c(C)c(C)c2C)n(C)n1.Cc1cc(-c2cc(C)c(C)n2C)c(C)c(C)c1C.Cc1cc(-c2cc(C)n(C)n2)c(C)c(C)c1C.Cc1cc(-c2cn(C)c(C)n2)c(C)c(C)c1C. The molecule has 0 amide bonds. The first-order valence-electron chi connectivity index (χ1n) is 31.2. The fraction of sp³-hybridized carbons (Fsp3) is 0.418. The molecule has 0 fully saturated rings. The Morgan fingerprint density at radius 3 is 1.08 bits per heavy atom. The Morgan fingerprint density at radius 1 is 0.368 bits per heavy atom. The quantitative estimate of drug-likeness (QED) is 0.161. The van der Waals surface area contributed by atoms with Crippen LogP contribution in [0.1, 0.15) is 159 Å². The highest BCUT2D eigenvalue weighted by atomic mass is 15.3. The molecule has 0 aliphatic carbocycles. The van der Waals surface area contributed by atoms with Crippen molar-refractivity contribution in [1.29, 1.82) is 0 Å². The van der Waals surface area contributed by atoms with Gasteiger partial charge in [0.25, 0.3) is 0 Å². The molecule has 0 radical (unpaired) electrons. The molecule has 1 atom stereocenters. The highest BCUT2D eigenvalue weighted by molar-refractivity contribution is 6.00. The predicted molar refractivity (Wildman–Crippen MR) is 376 cm³/mol.